The minimum atomic E-state index is 0.811. The van der Waals surface area contributed by atoms with Gasteiger partial charge in [-0.25, -0.2) is 0 Å². The second kappa shape index (κ2) is 9.72. The van der Waals surface area contributed by atoms with Crippen LogP contribution < -0.4 is 0 Å². The van der Waals surface area contributed by atoms with Gasteiger partial charge in [-0.15, -0.1) is 0 Å². The van der Waals surface area contributed by atoms with Crippen molar-refractivity contribution in [3.05, 3.63) is 35.4 Å². The van der Waals surface area contributed by atoms with Gasteiger partial charge in [0.25, 0.3) is 0 Å². The van der Waals surface area contributed by atoms with Gasteiger partial charge >= 0.3 is 0 Å². The van der Waals surface area contributed by atoms with Crippen molar-refractivity contribution in [1.82, 2.24) is 0 Å². The van der Waals surface area contributed by atoms with Crippen LogP contribution in [0.4, 0.5) is 0 Å². The average Bonchev–Trinajstić information content (AvgIpc) is 2.23. The van der Waals surface area contributed by atoms with Crippen molar-refractivity contribution in [2.24, 2.45) is 0 Å². The summed E-state index contributed by atoms with van der Waals surface area (Å²) in [6.45, 7) is 10.0. The second-order valence-corrected chi connectivity index (χ2v) is 3.64. The molecule has 15 heavy (non-hydrogen) atoms. The molecule has 0 unspecified atom stereocenters. The first-order valence-corrected chi connectivity index (χ1v) is 5.87. The highest BCUT2D eigenvalue weighted by Gasteiger charge is 1.91. The summed E-state index contributed by atoms with van der Waals surface area (Å²) in [7, 11) is 0. The maximum atomic E-state index is 5.27. The summed E-state index contributed by atoms with van der Waals surface area (Å²) in [5, 5.41) is 0. The van der Waals surface area contributed by atoms with Gasteiger partial charge < -0.3 is 4.74 Å². The molecule has 0 atom stereocenters. The molecule has 1 nitrogen and oxygen atoms in total. The van der Waals surface area contributed by atoms with Crippen molar-refractivity contribution in [2.75, 3.05) is 13.2 Å². The fourth-order valence-corrected chi connectivity index (χ4v) is 1.09. The van der Waals surface area contributed by atoms with Crippen LogP contribution in [0.5, 0.6) is 0 Å². The van der Waals surface area contributed by atoms with E-state index >= 15 is 0 Å². The Kier molecular flexibility index (Phi) is 9.19. The van der Waals surface area contributed by atoms with E-state index in [0.29, 0.717) is 0 Å². The van der Waals surface area contributed by atoms with Crippen LogP contribution >= 0.6 is 0 Å². The molecular formula is C14H24O. The third-order valence-electron chi connectivity index (χ3n) is 1.86. The Labute approximate surface area is 94.5 Å². The van der Waals surface area contributed by atoms with Crippen molar-refractivity contribution in [1.29, 1.82) is 0 Å². The molecule has 0 spiro atoms. The van der Waals surface area contributed by atoms with E-state index in [9.17, 15) is 0 Å². The molecule has 1 rings (SSSR count). The lowest BCUT2D eigenvalue weighted by Gasteiger charge is -2.01. The molecule has 1 aromatic carbocycles. The Hall–Kier alpha value is -0.820. The van der Waals surface area contributed by atoms with Crippen molar-refractivity contribution in [3.63, 3.8) is 0 Å². The van der Waals surface area contributed by atoms with E-state index in [2.05, 4.69) is 45.0 Å². The van der Waals surface area contributed by atoms with Crippen LogP contribution in [0.25, 0.3) is 0 Å². The Morgan fingerprint density at radius 1 is 1.00 bits per heavy atom. The molecule has 0 saturated heterocycles. The lowest BCUT2D eigenvalue weighted by Crippen LogP contribution is -1.97. The van der Waals surface area contributed by atoms with E-state index in [1.165, 1.54) is 17.5 Å². The molecule has 0 saturated carbocycles. The van der Waals surface area contributed by atoms with Gasteiger partial charge in [0, 0.05) is 6.61 Å². The summed E-state index contributed by atoms with van der Waals surface area (Å²) < 4.78 is 5.27. The molecule has 1 heteroatoms. The number of aryl methyl sites for hydroxylation is 1. The van der Waals surface area contributed by atoms with Crippen LogP contribution in [-0.4, -0.2) is 13.2 Å². The maximum Gasteiger partial charge on any atom is 0.0506 e. The number of hydrogen-bond donors (Lipinski definition) is 0. The molecule has 0 aliphatic rings. The summed E-state index contributed by atoms with van der Waals surface area (Å²) in [6.07, 6.45) is 2.27. The predicted molar refractivity (Wildman–Crippen MR) is 67.3 cm³/mol. The molecule has 86 valence electrons. The van der Waals surface area contributed by atoms with Crippen molar-refractivity contribution in [2.45, 2.75) is 40.5 Å². The van der Waals surface area contributed by atoms with Gasteiger partial charge in [0.2, 0.25) is 0 Å². The monoisotopic (exact) mass is 208 g/mol. The van der Waals surface area contributed by atoms with Crippen molar-refractivity contribution in [3.8, 4) is 0 Å². The largest absolute Gasteiger partial charge is 0.381 e. The number of benzene rings is 1. The van der Waals surface area contributed by atoms with Crippen LogP contribution in [-0.2, 0) is 11.2 Å². The fourth-order valence-electron chi connectivity index (χ4n) is 1.09. The first kappa shape index (κ1) is 14.2. The van der Waals surface area contributed by atoms with E-state index in [-0.39, 0.29) is 0 Å². The van der Waals surface area contributed by atoms with Gasteiger partial charge in [0.1, 0.15) is 0 Å². The van der Waals surface area contributed by atoms with Gasteiger partial charge in [0.05, 0.1) is 6.61 Å². The first-order chi connectivity index (χ1) is 7.24. The van der Waals surface area contributed by atoms with Gasteiger partial charge in [-0.2, -0.15) is 0 Å². The molecule has 0 fully saturated rings. The normalized spacial score (nSPS) is 9.33. The highest BCUT2D eigenvalue weighted by atomic mass is 16.5. The molecule has 0 bridgehead atoms. The van der Waals surface area contributed by atoms with E-state index in [0.717, 1.165) is 19.6 Å². The standard InChI is InChI=1S/C11H16O.C3H8/c1-3-12-9-8-11-6-4-10(2)5-7-11;1-3-2/h4-7H,3,8-9H2,1-2H3;3H2,1-2H3. The molecule has 0 radical (unpaired) electrons. The molecule has 0 heterocycles. The molecule has 0 N–H and O–H groups in total. The second-order valence-electron chi connectivity index (χ2n) is 3.64. The highest BCUT2D eigenvalue weighted by molar-refractivity contribution is 5.21. The Bertz CT molecular complexity index is 226. The van der Waals surface area contributed by atoms with Gasteiger partial charge in [0.15, 0.2) is 0 Å². The van der Waals surface area contributed by atoms with Crippen molar-refractivity contribution >= 4 is 0 Å². The molecule has 0 amide bonds. The molecule has 0 aliphatic carbocycles. The first-order valence-electron chi connectivity index (χ1n) is 5.87. The Balaban J connectivity index is 0.000000583. The molecule has 1 aromatic rings. The third kappa shape index (κ3) is 8.19. The molecular weight excluding hydrogens is 184 g/mol. The van der Waals surface area contributed by atoms with Crippen LogP contribution in [0.2, 0.25) is 0 Å². The van der Waals surface area contributed by atoms with Crippen LogP contribution in [0.3, 0.4) is 0 Å². The third-order valence-corrected chi connectivity index (χ3v) is 1.86. The van der Waals surface area contributed by atoms with E-state index in [1.54, 1.807) is 0 Å². The SMILES string of the molecule is CCC.CCOCCc1ccc(C)cc1. The maximum absolute atomic E-state index is 5.27. The summed E-state index contributed by atoms with van der Waals surface area (Å²) in [5.74, 6) is 0. The van der Waals surface area contributed by atoms with E-state index in [4.69, 9.17) is 4.74 Å². The van der Waals surface area contributed by atoms with Crippen LogP contribution in [0.15, 0.2) is 24.3 Å². The van der Waals surface area contributed by atoms with E-state index in [1.807, 2.05) is 6.92 Å². The summed E-state index contributed by atoms with van der Waals surface area (Å²) in [5.41, 5.74) is 2.67. The summed E-state index contributed by atoms with van der Waals surface area (Å²) >= 11 is 0. The minimum absolute atomic E-state index is 0.811. The van der Waals surface area contributed by atoms with Gasteiger partial charge in [-0.3, -0.25) is 0 Å². The Morgan fingerprint density at radius 3 is 2.00 bits per heavy atom. The zero-order valence-corrected chi connectivity index (χ0v) is 10.5. The number of ether oxygens (including phenoxy) is 1. The average molecular weight is 208 g/mol. The van der Waals surface area contributed by atoms with Gasteiger partial charge in [-0.05, 0) is 25.8 Å². The lowest BCUT2D eigenvalue weighted by atomic mass is 10.1. The zero-order chi connectivity index (χ0) is 11.5. The van der Waals surface area contributed by atoms with E-state index < -0.39 is 0 Å². The highest BCUT2D eigenvalue weighted by Crippen LogP contribution is 2.03. The van der Waals surface area contributed by atoms with Crippen LogP contribution in [0.1, 0.15) is 38.3 Å². The number of hydrogen-bond acceptors (Lipinski definition) is 1. The molecule has 0 aromatic heterocycles. The Morgan fingerprint density at radius 2 is 1.53 bits per heavy atom. The van der Waals surface area contributed by atoms with Crippen molar-refractivity contribution < 1.29 is 4.74 Å². The minimum Gasteiger partial charge on any atom is -0.381 e. The van der Waals surface area contributed by atoms with Gasteiger partial charge in [-0.1, -0.05) is 50.1 Å². The quantitative estimate of drug-likeness (QED) is 0.680. The topological polar surface area (TPSA) is 9.23 Å². The molecule has 0 aliphatic heterocycles. The lowest BCUT2D eigenvalue weighted by molar-refractivity contribution is 0.151. The smallest absolute Gasteiger partial charge is 0.0506 e. The summed E-state index contributed by atoms with van der Waals surface area (Å²) in [6, 6.07) is 8.60. The summed E-state index contributed by atoms with van der Waals surface area (Å²) in [4.78, 5) is 0. The van der Waals surface area contributed by atoms with Crippen LogP contribution in [0, 0.1) is 6.92 Å². The fraction of sp³-hybridized carbons (Fsp3) is 0.571. The number of rotatable bonds is 4. The predicted octanol–water partition coefficient (Wildman–Crippen LogP) is 3.99. The zero-order valence-electron chi connectivity index (χ0n) is 10.5.